The second kappa shape index (κ2) is 7.36. The molecule has 0 saturated carbocycles. The smallest absolute Gasteiger partial charge is 0.335 e. The molecule has 0 aromatic heterocycles. The highest BCUT2D eigenvalue weighted by Crippen LogP contribution is 2.06. The first kappa shape index (κ1) is 15.0. The van der Waals surface area contributed by atoms with E-state index in [1.54, 1.807) is 25.1 Å². The maximum absolute atomic E-state index is 11.6. The highest BCUT2D eigenvalue weighted by atomic mass is 16.4. The minimum Gasteiger partial charge on any atom is -0.478 e. The summed E-state index contributed by atoms with van der Waals surface area (Å²) in [6.45, 7) is 4.26. The second-order valence-corrected chi connectivity index (χ2v) is 4.31. The van der Waals surface area contributed by atoms with E-state index in [9.17, 15) is 9.59 Å². The number of carbonyl (C=O) groups excluding carboxylic acids is 1. The first-order chi connectivity index (χ1) is 9.04. The highest BCUT2D eigenvalue weighted by molar-refractivity contribution is 5.92. The summed E-state index contributed by atoms with van der Waals surface area (Å²) in [6, 6.07) is 6.75. The van der Waals surface area contributed by atoms with E-state index >= 15 is 0 Å². The number of amides is 1. The monoisotopic (exact) mass is 261 g/mol. The van der Waals surface area contributed by atoms with Gasteiger partial charge in [-0.25, -0.2) is 4.79 Å². The number of carboxylic acid groups (broad SMARTS) is 1. The van der Waals surface area contributed by atoms with Gasteiger partial charge in [-0.3, -0.25) is 4.79 Å². The van der Waals surface area contributed by atoms with Crippen LogP contribution in [-0.2, 0) is 11.2 Å². The van der Waals surface area contributed by atoms with E-state index in [1.165, 1.54) is 0 Å². The largest absolute Gasteiger partial charge is 0.478 e. The molecule has 0 aliphatic carbocycles. The Morgan fingerprint density at radius 2 is 2.11 bits per heavy atom. The molecule has 0 aliphatic heterocycles. The number of allylic oxidation sites excluding steroid dienone is 1. The van der Waals surface area contributed by atoms with E-state index in [0.717, 1.165) is 12.0 Å². The van der Waals surface area contributed by atoms with E-state index in [4.69, 9.17) is 5.11 Å². The molecule has 4 heteroatoms. The molecule has 2 N–H and O–H groups in total. The van der Waals surface area contributed by atoms with Gasteiger partial charge in [0.15, 0.2) is 0 Å². The molecule has 0 fully saturated rings. The minimum absolute atomic E-state index is 0.0729. The normalized spacial score (nSPS) is 11.2. The van der Waals surface area contributed by atoms with Crippen LogP contribution in [0.15, 0.2) is 35.9 Å². The predicted molar refractivity (Wildman–Crippen MR) is 74.2 cm³/mol. The van der Waals surface area contributed by atoms with E-state index < -0.39 is 5.97 Å². The molecule has 0 saturated heterocycles. The number of carboxylic acids is 1. The number of nitrogens with one attached hydrogen (secondary N) is 1. The van der Waals surface area contributed by atoms with Crippen molar-refractivity contribution in [2.24, 2.45) is 0 Å². The van der Waals surface area contributed by atoms with Gasteiger partial charge in [0.1, 0.15) is 0 Å². The number of hydrogen-bond acceptors (Lipinski definition) is 2. The van der Waals surface area contributed by atoms with Crippen LogP contribution in [0.3, 0.4) is 0 Å². The van der Waals surface area contributed by atoms with Crippen molar-refractivity contribution in [1.29, 1.82) is 0 Å². The molecule has 1 aromatic rings. The lowest BCUT2D eigenvalue weighted by molar-refractivity contribution is -0.117. The van der Waals surface area contributed by atoms with Gasteiger partial charge in [0.25, 0.3) is 0 Å². The van der Waals surface area contributed by atoms with Crippen molar-refractivity contribution >= 4 is 11.9 Å². The topological polar surface area (TPSA) is 66.4 Å². The van der Waals surface area contributed by atoms with Crippen molar-refractivity contribution in [3.63, 3.8) is 0 Å². The van der Waals surface area contributed by atoms with Gasteiger partial charge in [-0.15, -0.1) is 0 Å². The average Bonchev–Trinajstić information content (AvgIpc) is 2.39. The van der Waals surface area contributed by atoms with Crippen molar-refractivity contribution in [1.82, 2.24) is 5.32 Å². The van der Waals surface area contributed by atoms with E-state index in [-0.39, 0.29) is 11.5 Å². The quantitative estimate of drug-likeness (QED) is 0.773. The standard InChI is InChI=1S/C15H19NO3/c1-3-5-11(2)14(17)16-9-8-12-6-4-7-13(10-12)15(18)19/h4-7,10H,3,8-9H2,1-2H3,(H,16,17)(H,18,19). The lowest BCUT2D eigenvalue weighted by Crippen LogP contribution is -2.26. The zero-order chi connectivity index (χ0) is 14.3. The van der Waals surface area contributed by atoms with Crippen molar-refractivity contribution < 1.29 is 14.7 Å². The maximum atomic E-state index is 11.6. The van der Waals surface area contributed by atoms with Gasteiger partial charge in [0.2, 0.25) is 5.91 Å². The summed E-state index contributed by atoms with van der Waals surface area (Å²) < 4.78 is 0. The molecule has 0 bridgehead atoms. The van der Waals surface area contributed by atoms with Gasteiger partial charge in [-0.05, 0) is 37.5 Å². The summed E-state index contributed by atoms with van der Waals surface area (Å²) in [4.78, 5) is 22.4. The first-order valence-electron chi connectivity index (χ1n) is 6.31. The number of rotatable bonds is 6. The third-order valence-electron chi connectivity index (χ3n) is 2.74. The molecule has 0 radical (unpaired) electrons. The fourth-order valence-electron chi connectivity index (χ4n) is 1.72. The Morgan fingerprint density at radius 3 is 2.74 bits per heavy atom. The molecule has 1 rings (SSSR count). The van der Waals surface area contributed by atoms with Gasteiger partial charge >= 0.3 is 5.97 Å². The summed E-state index contributed by atoms with van der Waals surface area (Å²) in [6.07, 6.45) is 3.33. The fourth-order valence-corrected chi connectivity index (χ4v) is 1.72. The Labute approximate surface area is 113 Å². The molecular formula is C15H19NO3. The summed E-state index contributed by atoms with van der Waals surface area (Å²) in [7, 11) is 0. The molecule has 0 atom stereocenters. The zero-order valence-corrected chi connectivity index (χ0v) is 11.3. The Hall–Kier alpha value is -2.10. The Bertz CT molecular complexity index is 492. The SMILES string of the molecule is CCC=C(C)C(=O)NCCc1cccc(C(=O)O)c1. The lowest BCUT2D eigenvalue weighted by atomic mass is 10.1. The van der Waals surface area contributed by atoms with Gasteiger partial charge in [0.05, 0.1) is 5.56 Å². The van der Waals surface area contributed by atoms with Gasteiger partial charge in [-0.1, -0.05) is 25.1 Å². The van der Waals surface area contributed by atoms with E-state index in [1.807, 2.05) is 19.1 Å². The molecule has 0 unspecified atom stereocenters. The van der Waals surface area contributed by atoms with Crippen molar-refractivity contribution in [2.45, 2.75) is 26.7 Å². The van der Waals surface area contributed by atoms with Crippen LogP contribution < -0.4 is 5.32 Å². The zero-order valence-electron chi connectivity index (χ0n) is 11.3. The fraction of sp³-hybridized carbons (Fsp3) is 0.333. The van der Waals surface area contributed by atoms with Crippen LogP contribution in [0.2, 0.25) is 0 Å². The van der Waals surface area contributed by atoms with Crippen LogP contribution in [0.1, 0.15) is 36.2 Å². The molecule has 1 aromatic carbocycles. The summed E-state index contributed by atoms with van der Waals surface area (Å²) in [5.41, 5.74) is 1.88. The Morgan fingerprint density at radius 1 is 1.37 bits per heavy atom. The van der Waals surface area contributed by atoms with Crippen molar-refractivity contribution in [3.8, 4) is 0 Å². The van der Waals surface area contributed by atoms with Crippen LogP contribution in [0, 0.1) is 0 Å². The van der Waals surface area contributed by atoms with Crippen LogP contribution in [-0.4, -0.2) is 23.5 Å². The molecule has 0 aliphatic rings. The molecular weight excluding hydrogens is 242 g/mol. The number of aromatic carboxylic acids is 1. The summed E-state index contributed by atoms with van der Waals surface area (Å²) in [5.74, 6) is -1.01. The minimum atomic E-state index is -0.937. The third kappa shape index (κ3) is 4.95. The van der Waals surface area contributed by atoms with Crippen molar-refractivity contribution in [2.75, 3.05) is 6.54 Å². The molecule has 19 heavy (non-hydrogen) atoms. The highest BCUT2D eigenvalue weighted by Gasteiger charge is 2.05. The summed E-state index contributed by atoms with van der Waals surface area (Å²) in [5, 5.41) is 11.7. The number of benzene rings is 1. The molecule has 0 spiro atoms. The van der Waals surface area contributed by atoms with Crippen molar-refractivity contribution in [3.05, 3.63) is 47.0 Å². The van der Waals surface area contributed by atoms with E-state index in [0.29, 0.717) is 18.5 Å². The average molecular weight is 261 g/mol. The number of carbonyl (C=O) groups is 2. The predicted octanol–water partition coefficient (Wildman–Crippen LogP) is 2.40. The Kier molecular flexibility index (Phi) is 5.79. The van der Waals surface area contributed by atoms with Crippen LogP contribution in [0.25, 0.3) is 0 Å². The third-order valence-corrected chi connectivity index (χ3v) is 2.74. The Balaban J connectivity index is 2.50. The number of hydrogen-bond donors (Lipinski definition) is 2. The van der Waals surface area contributed by atoms with Crippen LogP contribution >= 0.6 is 0 Å². The first-order valence-corrected chi connectivity index (χ1v) is 6.31. The van der Waals surface area contributed by atoms with Crippen LogP contribution in [0.4, 0.5) is 0 Å². The molecule has 0 heterocycles. The summed E-state index contributed by atoms with van der Waals surface area (Å²) >= 11 is 0. The maximum Gasteiger partial charge on any atom is 0.335 e. The second-order valence-electron chi connectivity index (χ2n) is 4.31. The molecule has 4 nitrogen and oxygen atoms in total. The molecule has 102 valence electrons. The lowest BCUT2D eigenvalue weighted by Gasteiger charge is -2.06. The van der Waals surface area contributed by atoms with Crippen LogP contribution in [0.5, 0.6) is 0 Å². The van der Waals surface area contributed by atoms with Gasteiger partial charge in [0, 0.05) is 12.1 Å². The molecule has 1 amide bonds. The van der Waals surface area contributed by atoms with Gasteiger partial charge < -0.3 is 10.4 Å². The van der Waals surface area contributed by atoms with Gasteiger partial charge in [-0.2, -0.15) is 0 Å². The van der Waals surface area contributed by atoms with E-state index in [2.05, 4.69) is 5.32 Å².